The minimum atomic E-state index is 0.651. The maximum absolute atomic E-state index is 3.73. The molecule has 0 heterocycles. The van der Waals surface area contributed by atoms with Crippen LogP contribution in [0.3, 0.4) is 0 Å². The summed E-state index contributed by atoms with van der Waals surface area (Å²) in [7, 11) is 0. The van der Waals surface area contributed by atoms with Crippen LogP contribution in [0, 0.1) is 17.3 Å². The van der Waals surface area contributed by atoms with E-state index in [9.17, 15) is 0 Å². The van der Waals surface area contributed by atoms with Crippen LogP contribution in [-0.2, 0) is 0 Å². The molecule has 1 nitrogen and oxygen atoms in total. The molecule has 0 aliphatic heterocycles. The molecule has 1 N–H and O–H groups in total. The molecule has 2 atom stereocenters. The van der Waals surface area contributed by atoms with Gasteiger partial charge in [0.2, 0.25) is 0 Å². The summed E-state index contributed by atoms with van der Waals surface area (Å²) < 4.78 is 0. The van der Waals surface area contributed by atoms with E-state index >= 15 is 0 Å². The van der Waals surface area contributed by atoms with Gasteiger partial charge < -0.3 is 5.32 Å². The summed E-state index contributed by atoms with van der Waals surface area (Å²) in [5.41, 5.74) is 0.683. The van der Waals surface area contributed by atoms with Gasteiger partial charge in [-0.25, -0.2) is 0 Å². The van der Waals surface area contributed by atoms with Crippen LogP contribution in [-0.4, -0.2) is 12.6 Å². The molecular formula is C18H35N. The molecule has 112 valence electrons. The van der Waals surface area contributed by atoms with Gasteiger partial charge in [0.05, 0.1) is 0 Å². The average Bonchev–Trinajstić information content (AvgIpc) is 3.00. The molecule has 0 saturated heterocycles. The fourth-order valence-electron chi connectivity index (χ4n) is 4.14. The van der Waals surface area contributed by atoms with E-state index in [1.807, 2.05) is 0 Å². The minimum Gasteiger partial charge on any atom is -0.314 e. The first-order chi connectivity index (χ1) is 9.15. The van der Waals surface area contributed by atoms with Crippen molar-refractivity contribution in [1.82, 2.24) is 5.32 Å². The van der Waals surface area contributed by atoms with E-state index in [2.05, 4.69) is 26.1 Å². The average molecular weight is 265 g/mol. The molecule has 2 rings (SSSR count). The van der Waals surface area contributed by atoms with Crippen LogP contribution in [0.25, 0.3) is 0 Å². The number of unbranched alkanes of at least 4 members (excludes halogenated alkanes) is 5. The highest BCUT2D eigenvalue weighted by Crippen LogP contribution is 2.61. The lowest BCUT2D eigenvalue weighted by molar-refractivity contribution is 0.216. The molecule has 2 saturated carbocycles. The van der Waals surface area contributed by atoms with E-state index in [1.165, 1.54) is 64.3 Å². The Morgan fingerprint density at radius 1 is 1.00 bits per heavy atom. The maximum atomic E-state index is 3.73. The van der Waals surface area contributed by atoms with Gasteiger partial charge in [-0.1, -0.05) is 59.3 Å². The summed E-state index contributed by atoms with van der Waals surface area (Å²) in [6.07, 6.45) is 14.8. The Morgan fingerprint density at radius 2 is 1.63 bits per heavy atom. The molecule has 2 aliphatic rings. The predicted molar refractivity (Wildman–Crippen MR) is 84.4 cm³/mol. The van der Waals surface area contributed by atoms with Gasteiger partial charge in [-0.15, -0.1) is 0 Å². The van der Waals surface area contributed by atoms with Crippen LogP contribution in [0.2, 0.25) is 0 Å². The van der Waals surface area contributed by atoms with Crippen molar-refractivity contribution in [2.45, 2.75) is 91.0 Å². The van der Waals surface area contributed by atoms with Gasteiger partial charge >= 0.3 is 0 Å². The monoisotopic (exact) mass is 265 g/mol. The number of hydrogen-bond acceptors (Lipinski definition) is 1. The fraction of sp³-hybridized carbons (Fsp3) is 1.00. The Morgan fingerprint density at radius 3 is 2.26 bits per heavy atom. The molecule has 0 radical (unpaired) electrons. The van der Waals surface area contributed by atoms with E-state index in [0.29, 0.717) is 11.5 Å². The first-order valence-electron chi connectivity index (χ1n) is 8.88. The molecule has 0 aromatic rings. The molecular weight excluding hydrogens is 230 g/mol. The molecule has 0 aromatic carbocycles. The molecule has 2 aliphatic carbocycles. The highest BCUT2D eigenvalue weighted by Gasteiger charge is 2.52. The van der Waals surface area contributed by atoms with Gasteiger partial charge in [0, 0.05) is 12.6 Å². The molecule has 0 aromatic heterocycles. The summed E-state index contributed by atoms with van der Waals surface area (Å²) in [4.78, 5) is 0. The first kappa shape index (κ1) is 15.4. The summed E-state index contributed by atoms with van der Waals surface area (Å²) in [6.45, 7) is 8.16. The van der Waals surface area contributed by atoms with Crippen LogP contribution in [0.1, 0.15) is 85.0 Å². The van der Waals surface area contributed by atoms with E-state index in [1.54, 1.807) is 6.42 Å². The second kappa shape index (κ2) is 7.11. The lowest BCUT2D eigenvalue weighted by Crippen LogP contribution is -2.36. The maximum Gasteiger partial charge on any atom is 0.00106 e. The Labute approximate surface area is 120 Å². The van der Waals surface area contributed by atoms with Crippen molar-refractivity contribution in [3.63, 3.8) is 0 Å². The zero-order chi connectivity index (χ0) is 13.7. The largest absolute Gasteiger partial charge is 0.314 e. The molecule has 19 heavy (non-hydrogen) atoms. The van der Waals surface area contributed by atoms with Crippen LogP contribution in [0.5, 0.6) is 0 Å². The number of fused-ring (bicyclic) bond motifs is 1. The molecule has 0 bridgehead atoms. The third-order valence-electron chi connectivity index (χ3n) is 5.41. The Kier molecular flexibility index (Phi) is 5.74. The van der Waals surface area contributed by atoms with Crippen molar-refractivity contribution in [2.75, 3.05) is 6.54 Å². The number of rotatable bonds is 10. The molecule has 0 spiro atoms. The van der Waals surface area contributed by atoms with Gasteiger partial charge in [-0.3, -0.25) is 0 Å². The minimum absolute atomic E-state index is 0.651. The second-order valence-electron chi connectivity index (χ2n) is 7.72. The predicted octanol–water partition coefficient (Wildman–Crippen LogP) is 5.15. The molecule has 1 heteroatoms. The lowest BCUT2D eigenvalue weighted by Gasteiger charge is -2.32. The SMILES string of the molecule is CCCCCCCCC1(CNC(C)C)CC2CC2C1. The van der Waals surface area contributed by atoms with Gasteiger partial charge in [0.25, 0.3) is 0 Å². The molecule has 0 amide bonds. The van der Waals surface area contributed by atoms with Gasteiger partial charge in [0.1, 0.15) is 0 Å². The highest BCUT2D eigenvalue weighted by atomic mass is 14.9. The van der Waals surface area contributed by atoms with Gasteiger partial charge in [-0.05, 0) is 42.9 Å². The highest BCUT2D eigenvalue weighted by molar-refractivity contribution is 5.04. The van der Waals surface area contributed by atoms with E-state index in [-0.39, 0.29) is 0 Å². The summed E-state index contributed by atoms with van der Waals surface area (Å²) >= 11 is 0. The van der Waals surface area contributed by atoms with Crippen LogP contribution in [0.15, 0.2) is 0 Å². The zero-order valence-corrected chi connectivity index (χ0v) is 13.5. The van der Waals surface area contributed by atoms with E-state index in [4.69, 9.17) is 0 Å². The first-order valence-corrected chi connectivity index (χ1v) is 8.88. The Bertz CT molecular complexity index is 248. The van der Waals surface area contributed by atoms with E-state index < -0.39 is 0 Å². The van der Waals surface area contributed by atoms with Crippen LogP contribution in [0.4, 0.5) is 0 Å². The van der Waals surface area contributed by atoms with Gasteiger partial charge in [0.15, 0.2) is 0 Å². The quantitative estimate of drug-likeness (QED) is 0.539. The number of hydrogen-bond donors (Lipinski definition) is 1. The topological polar surface area (TPSA) is 12.0 Å². The summed E-state index contributed by atoms with van der Waals surface area (Å²) in [5, 5.41) is 3.73. The van der Waals surface area contributed by atoms with Crippen molar-refractivity contribution in [3.8, 4) is 0 Å². The van der Waals surface area contributed by atoms with Crippen molar-refractivity contribution in [1.29, 1.82) is 0 Å². The van der Waals surface area contributed by atoms with Crippen LogP contribution >= 0.6 is 0 Å². The zero-order valence-electron chi connectivity index (χ0n) is 13.5. The second-order valence-corrected chi connectivity index (χ2v) is 7.72. The van der Waals surface area contributed by atoms with Crippen molar-refractivity contribution in [2.24, 2.45) is 17.3 Å². The standard InChI is InChI=1S/C18H35N/c1-4-5-6-7-8-9-10-18(14-19-15(2)3)12-16-11-17(16)13-18/h15-17,19H,4-14H2,1-3H3. The fourth-order valence-corrected chi connectivity index (χ4v) is 4.14. The summed E-state index contributed by atoms with van der Waals surface area (Å²) in [6, 6.07) is 0.651. The third kappa shape index (κ3) is 4.77. The Hall–Kier alpha value is -0.0400. The van der Waals surface area contributed by atoms with Crippen molar-refractivity contribution >= 4 is 0 Å². The molecule has 2 fully saturated rings. The third-order valence-corrected chi connectivity index (χ3v) is 5.41. The van der Waals surface area contributed by atoms with Crippen molar-refractivity contribution < 1.29 is 0 Å². The number of nitrogens with one attached hydrogen (secondary N) is 1. The smallest absolute Gasteiger partial charge is 0.00106 e. The summed E-state index contributed by atoms with van der Waals surface area (Å²) in [5.74, 6) is 2.24. The van der Waals surface area contributed by atoms with Gasteiger partial charge in [-0.2, -0.15) is 0 Å². The molecule has 2 unspecified atom stereocenters. The normalized spacial score (nSPS) is 32.8. The Balaban J connectivity index is 1.66. The lowest BCUT2D eigenvalue weighted by atomic mass is 9.78. The van der Waals surface area contributed by atoms with E-state index in [0.717, 1.165) is 11.8 Å². The van der Waals surface area contributed by atoms with Crippen molar-refractivity contribution in [3.05, 3.63) is 0 Å². The van der Waals surface area contributed by atoms with Crippen LogP contribution < -0.4 is 5.32 Å².